The molecular formula is C6H14N2O5S. The average molecular weight is 226 g/mol. The van der Waals surface area contributed by atoms with Crippen LogP contribution in [0.2, 0.25) is 0 Å². The Hall–Kier alpha value is -0.700. The number of ether oxygens (including phenoxy) is 1. The van der Waals surface area contributed by atoms with Crippen molar-refractivity contribution in [1.82, 2.24) is 9.03 Å². The molecule has 2 N–H and O–H groups in total. The molecule has 1 atom stereocenters. The third kappa shape index (κ3) is 3.58. The number of aliphatic hydroxyl groups is 1. The van der Waals surface area contributed by atoms with Crippen molar-refractivity contribution >= 4 is 16.2 Å². The monoisotopic (exact) mass is 226 g/mol. The van der Waals surface area contributed by atoms with Gasteiger partial charge < -0.3 is 9.84 Å². The molecule has 0 aromatic rings. The average Bonchev–Trinajstić information content (AvgIpc) is 2.12. The first-order valence-corrected chi connectivity index (χ1v) is 5.17. The van der Waals surface area contributed by atoms with Crippen LogP contribution in [-0.2, 0) is 19.7 Å². The number of esters is 1. The summed E-state index contributed by atoms with van der Waals surface area (Å²) in [4.78, 5) is 10.9. The van der Waals surface area contributed by atoms with Gasteiger partial charge in [-0.25, -0.2) is 0 Å². The Morgan fingerprint density at radius 2 is 2.07 bits per heavy atom. The number of rotatable bonds is 5. The molecule has 0 saturated heterocycles. The van der Waals surface area contributed by atoms with Crippen molar-refractivity contribution in [2.24, 2.45) is 0 Å². The molecular weight excluding hydrogens is 212 g/mol. The molecule has 0 amide bonds. The van der Waals surface area contributed by atoms with Crippen LogP contribution in [0.25, 0.3) is 0 Å². The van der Waals surface area contributed by atoms with Crippen LogP contribution in [0.5, 0.6) is 0 Å². The smallest absolute Gasteiger partial charge is 0.326 e. The lowest BCUT2D eigenvalue weighted by molar-refractivity contribution is -0.143. The molecule has 8 heteroatoms. The van der Waals surface area contributed by atoms with Crippen molar-refractivity contribution in [3.63, 3.8) is 0 Å². The summed E-state index contributed by atoms with van der Waals surface area (Å²) in [6.45, 7) is -0.653. The lowest BCUT2D eigenvalue weighted by Gasteiger charge is -2.17. The fourth-order valence-corrected chi connectivity index (χ4v) is 1.33. The topological polar surface area (TPSA) is 95.9 Å². The molecule has 84 valence electrons. The highest BCUT2D eigenvalue weighted by Crippen LogP contribution is 1.94. The second-order valence-corrected chi connectivity index (χ2v) is 4.58. The summed E-state index contributed by atoms with van der Waals surface area (Å²) in [6, 6.07) is -1.27. The summed E-state index contributed by atoms with van der Waals surface area (Å²) >= 11 is 0. The van der Waals surface area contributed by atoms with E-state index in [4.69, 9.17) is 5.11 Å². The van der Waals surface area contributed by atoms with Gasteiger partial charge in [-0.15, -0.1) is 0 Å². The standard InChI is InChI=1S/C6H14N2O5S/c1-8(2)14(11,12)7-5(4-9)6(10)13-3/h5,7,9H,4H2,1-3H3. The van der Waals surface area contributed by atoms with E-state index in [0.717, 1.165) is 11.4 Å². The summed E-state index contributed by atoms with van der Waals surface area (Å²) in [5.74, 6) is -0.835. The Kier molecular flexibility index (Phi) is 4.99. The Balaban J connectivity index is 4.56. The van der Waals surface area contributed by atoms with Gasteiger partial charge in [-0.05, 0) is 0 Å². The van der Waals surface area contributed by atoms with E-state index >= 15 is 0 Å². The molecule has 1 unspecified atom stereocenters. The third-order valence-corrected chi connectivity index (χ3v) is 2.98. The Morgan fingerprint density at radius 1 is 1.57 bits per heavy atom. The first kappa shape index (κ1) is 13.3. The van der Waals surface area contributed by atoms with Gasteiger partial charge in [-0.1, -0.05) is 0 Å². The predicted molar refractivity (Wildman–Crippen MR) is 48.6 cm³/mol. The molecule has 14 heavy (non-hydrogen) atoms. The molecule has 0 aliphatic rings. The second-order valence-electron chi connectivity index (χ2n) is 2.66. The fourth-order valence-electron chi connectivity index (χ4n) is 0.587. The fraction of sp³-hybridized carbons (Fsp3) is 0.833. The second kappa shape index (κ2) is 5.25. The van der Waals surface area contributed by atoms with Crippen molar-refractivity contribution in [3.8, 4) is 0 Å². The van der Waals surface area contributed by atoms with Gasteiger partial charge in [0.15, 0.2) is 0 Å². The number of nitrogens with zero attached hydrogens (tertiary/aromatic N) is 1. The van der Waals surface area contributed by atoms with Gasteiger partial charge in [0.2, 0.25) is 0 Å². The Bertz CT molecular complexity index is 287. The minimum atomic E-state index is -3.74. The van der Waals surface area contributed by atoms with Crippen molar-refractivity contribution in [2.45, 2.75) is 6.04 Å². The first-order valence-electron chi connectivity index (χ1n) is 3.73. The first-order chi connectivity index (χ1) is 6.35. The Labute approximate surface area is 82.8 Å². The highest BCUT2D eigenvalue weighted by atomic mass is 32.2. The van der Waals surface area contributed by atoms with E-state index in [9.17, 15) is 13.2 Å². The van der Waals surface area contributed by atoms with Crippen molar-refractivity contribution < 1.29 is 23.1 Å². The van der Waals surface area contributed by atoms with Crippen LogP contribution in [0.15, 0.2) is 0 Å². The molecule has 0 aliphatic carbocycles. The molecule has 0 rings (SSSR count). The van der Waals surface area contributed by atoms with Crippen LogP contribution in [-0.4, -0.2) is 57.7 Å². The lowest BCUT2D eigenvalue weighted by Crippen LogP contribution is -2.48. The molecule has 7 nitrogen and oxygen atoms in total. The van der Waals surface area contributed by atoms with Crippen LogP contribution >= 0.6 is 0 Å². The van der Waals surface area contributed by atoms with Crippen molar-refractivity contribution in [1.29, 1.82) is 0 Å². The van der Waals surface area contributed by atoms with E-state index in [-0.39, 0.29) is 0 Å². The number of hydrogen-bond donors (Lipinski definition) is 2. The summed E-state index contributed by atoms with van der Waals surface area (Å²) in [6.07, 6.45) is 0. The van der Waals surface area contributed by atoms with E-state index in [1.807, 2.05) is 4.72 Å². The molecule has 0 heterocycles. The van der Waals surface area contributed by atoms with E-state index in [0.29, 0.717) is 0 Å². The molecule has 0 spiro atoms. The zero-order valence-corrected chi connectivity index (χ0v) is 9.04. The van der Waals surface area contributed by atoms with Gasteiger partial charge in [0.05, 0.1) is 13.7 Å². The maximum Gasteiger partial charge on any atom is 0.326 e. The highest BCUT2D eigenvalue weighted by molar-refractivity contribution is 7.87. The maximum atomic E-state index is 11.2. The molecule has 0 aromatic carbocycles. The number of methoxy groups -OCH3 is 1. The molecule has 0 radical (unpaired) electrons. The normalized spacial score (nSPS) is 14.1. The Morgan fingerprint density at radius 3 is 2.36 bits per heavy atom. The minimum Gasteiger partial charge on any atom is -0.468 e. The van der Waals surface area contributed by atoms with Gasteiger partial charge >= 0.3 is 5.97 Å². The van der Waals surface area contributed by atoms with Gasteiger partial charge in [0.1, 0.15) is 6.04 Å². The van der Waals surface area contributed by atoms with Crippen LogP contribution in [0.4, 0.5) is 0 Å². The lowest BCUT2D eigenvalue weighted by atomic mass is 10.3. The summed E-state index contributed by atoms with van der Waals surface area (Å²) in [7, 11) is -0.0367. The van der Waals surface area contributed by atoms with E-state index in [1.165, 1.54) is 14.1 Å². The number of carbonyl (C=O) groups is 1. The third-order valence-electron chi connectivity index (χ3n) is 1.44. The summed E-state index contributed by atoms with van der Waals surface area (Å²) in [5.41, 5.74) is 0. The number of carbonyl (C=O) groups excluding carboxylic acids is 1. The number of nitrogens with one attached hydrogen (secondary N) is 1. The maximum absolute atomic E-state index is 11.2. The zero-order chi connectivity index (χ0) is 11.4. The van der Waals surface area contributed by atoms with Gasteiger partial charge in [-0.2, -0.15) is 17.4 Å². The zero-order valence-electron chi connectivity index (χ0n) is 8.22. The number of hydrogen-bond acceptors (Lipinski definition) is 5. The van der Waals surface area contributed by atoms with E-state index < -0.39 is 28.8 Å². The molecule has 0 fully saturated rings. The van der Waals surface area contributed by atoms with Gasteiger partial charge in [-0.3, -0.25) is 4.79 Å². The van der Waals surface area contributed by atoms with Crippen molar-refractivity contribution in [3.05, 3.63) is 0 Å². The van der Waals surface area contributed by atoms with Crippen LogP contribution < -0.4 is 4.72 Å². The van der Waals surface area contributed by atoms with E-state index in [1.54, 1.807) is 0 Å². The van der Waals surface area contributed by atoms with E-state index in [2.05, 4.69) is 4.74 Å². The minimum absolute atomic E-state index is 0.653. The largest absolute Gasteiger partial charge is 0.468 e. The van der Waals surface area contributed by atoms with Crippen molar-refractivity contribution in [2.75, 3.05) is 27.8 Å². The highest BCUT2D eigenvalue weighted by Gasteiger charge is 2.25. The summed E-state index contributed by atoms with van der Waals surface area (Å²) < 4.78 is 29.6. The molecule has 0 aromatic heterocycles. The van der Waals surface area contributed by atoms with Gasteiger partial charge in [0, 0.05) is 14.1 Å². The molecule has 0 bridgehead atoms. The molecule has 0 aliphatic heterocycles. The van der Waals surface area contributed by atoms with Crippen LogP contribution in [0.3, 0.4) is 0 Å². The van der Waals surface area contributed by atoms with Gasteiger partial charge in [0.25, 0.3) is 10.2 Å². The SMILES string of the molecule is COC(=O)C(CO)NS(=O)(=O)N(C)C. The predicted octanol–water partition coefficient (Wildman–Crippen LogP) is -2.08. The molecule has 0 saturated carbocycles. The van der Waals surface area contributed by atoms with Crippen LogP contribution in [0.1, 0.15) is 0 Å². The quantitative estimate of drug-likeness (QED) is 0.524. The van der Waals surface area contributed by atoms with Crippen LogP contribution in [0, 0.1) is 0 Å². The summed E-state index contributed by atoms with van der Waals surface area (Å²) in [5, 5.41) is 8.73. The number of aliphatic hydroxyl groups excluding tert-OH is 1.